The number of nitrogens with zero attached hydrogens (tertiary/aromatic N) is 4. The predicted octanol–water partition coefficient (Wildman–Crippen LogP) is 3.80. The van der Waals surface area contributed by atoms with Crippen molar-refractivity contribution in [3.8, 4) is 11.4 Å². The molecule has 0 spiro atoms. The number of para-hydroxylation sites is 2. The van der Waals surface area contributed by atoms with Crippen molar-refractivity contribution in [1.82, 2.24) is 19.7 Å². The van der Waals surface area contributed by atoms with E-state index in [2.05, 4.69) is 10.2 Å². The van der Waals surface area contributed by atoms with Gasteiger partial charge in [-0.05, 0) is 42.7 Å². The molecule has 1 amide bonds. The SMILES string of the molecule is COc1ccccc1-n1cnnc1SCc1ccc(C(=O)N2CCCC2)cc1. The molecule has 4 rings (SSSR count). The van der Waals surface area contributed by atoms with Gasteiger partial charge in [0.25, 0.3) is 5.91 Å². The Hall–Kier alpha value is -2.80. The minimum absolute atomic E-state index is 0.132. The second-order valence-corrected chi connectivity index (χ2v) is 7.58. The van der Waals surface area contributed by atoms with Crippen molar-refractivity contribution >= 4 is 17.7 Å². The first-order valence-corrected chi connectivity index (χ1v) is 10.3. The molecule has 3 aromatic rings. The van der Waals surface area contributed by atoms with E-state index in [0.29, 0.717) is 0 Å². The zero-order chi connectivity index (χ0) is 19.3. The summed E-state index contributed by atoms with van der Waals surface area (Å²) in [5.41, 5.74) is 2.80. The molecule has 2 aromatic carbocycles. The average Bonchev–Trinajstić information content (AvgIpc) is 3.44. The summed E-state index contributed by atoms with van der Waals surface area (Å²) in [7, 11) is 1.65. The molecular formula is C21H22N4O2S. The maximum Gasteiger partial charge on any atom is 0.253 e. The summed E-state index contributed by atoms with van der Waals surface area (Å²) in [5, 5.41) is 9.09. The van der Waals surface area contributed by atoms with Gasteiger partial charge in [0.2, 0.25) is 0 Å². The average molecular weight is 395 g/mol. The molecular weight excluding hydrogens is 372 g/mol. The van der Waals surface area contributed by atoms with Crippen LogP contribution in [-0.4, -0.2) is 45.8 Å². The van der Waals surface area contributed by atoms with E-state index in [9.17, 15) is 4.79 Å². The van der Waals surface area contributed by atoms with Gasteiger partial charge < -0.3 is 9.64 Å². The highest BCUT2D eigenvalue weighted by molar-refractivity contribution is 7.98. The van der Waals surface area contributed by atoms with Gasteiger partial charge in [0, 0.05) is 24.4 Å². The van der Waals surface area contributed by atoms with Crippen LogP contribution < -0.4 is 4.74 Å². The molecule has 0 unspecified atom stereocenters. The van der Waals surface area contributed by atoms with Crippen molar-refractivity contribution in [2.45, 2.75) is 23.8 Å². The summed E-state index contributed by atoms with van der Waals surface area (Å²) >= 11 is 1.60. The number of benzene rings is 2. The number of rotatable bonds is 6. The van der Waals surface area contributed by atoms with E-state index < -0.39 is 0 Å². The van der Waals surface area contributed by atoms with E-state index in [-0.39, 0.29) is 5.91 Å². The normalized spacial score (nSPS) is 13.7. The van der Waals surface area contributed by atoms with Crippen molar-refractivity contribution in [2.24, 2.45) is 0 Å². The number of amides is 1. The Labute approximate surface area is 168 Å². The zero-order valence-electron chi connectivity index (χ0n) is 15.7. The summed E-state index contributed by atoms with van der Waals surface area (Å²) in [4.78, 5) is 14.4. The van der Waals surface area contributed by atoms with Gasteiger partial charge in [-0.3, -0.25) is 9.36 Å². The third kappa shape index (κ3) is 3.89. The molecule has 28 heavy (non-hydrogen) atoms. The Bertz CT molecular complexity index is 949. The van der Waals surface area contributed by atoms with Crippen LogP contribution in [0.5, 0.6) is 5.75 Å². The number of aromatic nitrogens is 3. The van der Waals surface area contributed by atoms with E-state index >= 15 is 0 Å². The zero-order valence-corrected chi connectivity index (χ0v) is 16.6. The molecule has 1 fully saturated rings. The first kappa shape index (κ1) is 18.6. The van der Waals surface area contributed by atoms with Crippen molar-refractivity contribution < 1.29 is 9.53 Å². The molecule has 0 saturated carbocycles. The maximum atomic E-state index is 12.5. The summed E-state index contributed by atoms with van der Waals surface area (Å²) < 4.78 is 7.37. The van der Waals surface area contributed by atoms with Crippen LogP contribution in [0.1, 0.15) is 28.8 Å². The predicted molar refractivity (Wildman–Crippen MR) is 109 cm³/mol. The largest absolute Gasteiger partial charge is 0.495 e. The van der Waals surface area contributed by atoms with Gasteiger partial charge >= 0.3 is 0 Å². The topological polar surface area (TPSA) is 60.2 Å². The molecule has 0 aliphatic carbocycles. The number of likely N-dealkylation sites (tertiary alicyclic amines) is 1. The molecule has 144 valence electrons. The van der Waals surface area contributed by atoms with Gasteiger partial charge in [-0.15, -0.1) is 10.2 Å². The number of methoxy groups -OCH3 is 1. The summed E-state index contributed by atoms with van der Waals surface area (Å²) in [5.74, 6) is 1.65. The number of hydrogen-bond acceptors (Lipinski definition) is 5. The molecule has 0 bridgehead atoms. The fourth-order valence-corrected chi connectivity index (χ4v) is 4.19. The van der Waals surface area contributed by atoms with Crippen molar-refractivity contribution in [1.29, 1.82) is 0 Å². The Morgan fingerprint density at radius 1 is 1.11 bits per heavy atom. The fraction of sp³-hybridized carbons (Fsp3) is 0.286. The van der Waals surface area contributed by atoms with Crippen LogP contribution >= 0.6 is 11.8 Å². The van der Waals surface area contributed by atoms with E-state index in [1.807, 2.05) is 58.0 Å². The van der Waals surface area contributed by atoms with Gasteiger partial charge in [-0.1, -0.05) is 36.0 Å². The third-order valence-electron chi connectivity index (χ3n) is 4.82. The Kier molecular flexibility index (Phi) is 5.62. The molecule has 1 aliphatic heterocycles. The number of ether oxygens (including phenoxy) is 1. The lowest BCUT2D eigenvalue weighted by atomic mass is 10.1. The van der Waals surface area contributed by atoms with Gasteiger partial charge in [0.05, 0.1) is 12.8 Å². The standard InChI is InChI=1S/C21H22N4O2S/c1-27-19-7-3-2-6-18(19)25-15-22-23-21(25)28-14-16-8-10-17(11-9-16)20(26)24-12-4-5-13-24/h2-3,6-11,15H,4-5,12-14H2,1H3. The highest BCUT2D eigenvalue weighted by Gasteiger charge is 2.19. The third-order valence-corrected chi connectivity index (χ3v) is 5.84. The number of carbonyl (C=O) groups is 1. The molecule has 0 N–H and O–H groups in total. The van der Waals surface area contributed by atoms with Crippen molar-refractivity contribution in [3.05, 3.63) is 66.0 Å². The summed E-state index contributed by atoms with van der Waals surface area (Å²) in [6.45, 7) is 1.74. The highest BCUT2D eigenvalue weighted by atomic mass is 32.2. The van der Waals surface area contributed by atoms with Gasteiger partial charge in [-0.2, -0.15) is 0 Å². The van der Waals surface area contributed by atoms with E-state index in [4.69, 9.17) is 4.74 Å². The Morgan fingerprint density at radius 2 is 1.86 bits per heavy atom. The highest BCUT2D eigenvalue weighted by Crippen LogP contribution is 2.28. The summed E-state index contributed by atoms with van der Waals surface area (Å²) in [6.07, 6.45) is 3.90. The van der Waals surface area contributed by atoms with Gasteiger partial charge in [-0.25, -0.2) is 0 Å². The molecule has 7 heteroatoms. The maximum absolute atomic E-state index is 12.5. The van der Waals surface area contributed by atoms with Crippen molar-refractivity contribution in [2.75, 3.05) is 20.2 Å². The quantitative estimate of drug-likeness (QED) is 0.595. The number of thioether (sulfide) groups is 1. The lowest BCUT2D eigenvalue weighted by molar-refractivity contribution is 0.0793. The van der Waals surface area contributed by atoms with E-state index in [1.165, 1.54) is 0 Å². The minimum Gasteiger partial charge on any atom is -0.495 e. The molecule has 1 aromatic heterocycles. The molecule has 6 nitrogen and oxygen atoms in total. The van der Waals surface area contributed by atoms with Crippen LogP contribution in [0.2, 0.25) is 0 Å². The molecule has 1 aliphatic rings. The second kappa shape index (κ2) is 8.48. The summed E-state index contributed by atoms with van der Waals surface area (Å²) in [6, 6.07) is 15.7. The monoisotopic (exact) mass is 394 g/mol. The molecule has 0 atom stereocenters. The Balaban J connectivity index is 1.44. The van der Waals surface area contributed by atoms with Gasteiger partial charge in [0.15, 0.2) is 5.16 Å². The fourth-order valence-electron chi connectivity index (χ4n) is 3.31. The van der Waals surface area contributed by atoms with Crippen molar-refractivity contribution in [3.63, 3.8) is 0 Å². The lowest BCUT2D eigenvalue weighted by Crippen LogP contribution is -2.27. The van der Waals surface area contributed by atoms with Crippen LogP contribution in [0.25, 0.3) is 5.69 Å². The Morgan fingerprint density at radius 3 is 2.61 bits per heavy atom. The number of hydrogen-bond donors (Lipinski definition) is 0. The van der Waals surface area contributed by atoms with Crippen LogP contribution in [-0.2, 0) is 5.75 Å². The minimum atomic E-state index is 0.132. The van der Waals surface area contributed by atoms with Gasteiger partial charge in [0.1, 0.15) is 12.1 Å². The second-order valence-electron chi connectivity index (χ2n) is 6.64. The van der Waals surface area contributed by atoms with E-state index in [1.54, 1.807) is 25.2 Å². The first-order chi connectivity index (χ1) is 13.8. The molecule has 2 heterocycles. The van der Waals surface area contributed by atoms with Crippen LogP contribution in [0, 0.1) is 0 Å². The first-order valence-electron chi connectivity index (χ1n) is 9.30. The van der Waals surface area contributed by atoms with E-state index in [0.717, 1.165) is 59.4 Å². The molecule has 0 radical (unpaired) electrons. The van der Waals surface area contributed by atoms with Crippen LogP contribution in [0.15, 0.2) is 60.0 Å². The number of carbonyl (C=O) groups excluding carboxylic acids is 1. The molecule has 1 saturated heterocycles. The lowest BCUT2D eigenvalue weighted by Gasteiger charge is -2.15. The smallest absolute Gasteiger partial charge is 0.253 e. The van der Waals surface area contributed by atoms with Crippen LogP contribution in [0.4, 0.5) is 0 Å². The van der Waals surface area contributed by atoms with Crippen LogP contribution in [0.3, 0.4) is 0 Å².